The fraction of sp³-hybridized carbons (Fsp3) is 0.444. The molecule has 1 heterocycles. The number of hydrogen-bond donors (Lipinski definition) is 1. The van der Waals surface area contributed by atoms with E-state index in [2.05, 4.69) is 4.98 Å². The van der Waals surface area contributed by atoms with E-state index in [-0.39, 0.29) is 0 Å². The van der Waals surface area contributed by atoms with E-state index in [1.165, 1.54) is 20.4 Å². The maximum atomic E-state index is 9.39. The van der Waals surface area contributed by atoms with Crippen molar-refractivity contribution in [1.29, 1.82) is 0 Å². The molecule has 4 nitrogen and oxygen atoms in total. The van der Waals surface area contributed by atoms with Crippen LogP contribution in [0.25, 0.3) is 0 Å². The summed E-state index contributed by atoms with van der Waals surface area (Å²) in [6, 6.07) is 1.66. The van der Waals surface area contributed by atoms with Gasteiger partial charge in [0.2, 0.25) is 5.88 Å². The first kappa shape index (κ1) is 9.80. The molecule has 0 aliphatic rings. The lowest BCUT2D eigenvalue weighted by Gasteiger charge is -2.11. The highest BCUT2D eigenvalue weighted by Crippen LogP contribution is 2.26. The van der Waals surface area contributed by atoms with Gasteiger partial charge in [0, 0.05) is 11.6 Å². The summed E-state index contributed by atoms with van der Waals surface area (Å²) in [6.07, 6.45) is 0.938. The molecule has 1 N–H and O–H groups in total. The van der Waals surface area contributed by atoms with Crippen molar-refractivity contribution in [2.75, 3.05) is 14.2 Å². The molecule has 0 aliphatic heterocycles. The Morgan fingerprint density at radius 1 is 1.38 bits per heavy atom. The van der Waals surface area contributed by atoms with Crippen LogP contribution in [0.5, 0.6) is 11.6 Å². The Morgan fingerprint density at radius 2 is 2.08 bits per heavy atom. The van der Waals surface area contributed by atoms with Crippen LogP contribution in [0.4, 0.5) is 0 Å². The Morgan fingerprint density at radius 3 is 2.54 bits per heavy atom. The highest BCUT2D eigenvalue weighted by Gasteiger charge is 2.10. The summed E-state index contributed by atoms with van der Waals surface area (Å²) in [6.45, 7) is 1.66. The van der Waals surface area contributed by atoms with Crippen molar-refractivity contribution in [3.05, 3.63) is 17.8 Å². The molecule has 0 unspecified atom stereocenters. The number of methoxy groups -OCH3 is 2. The van der Waals surface area contributed by atoms with Crippen LogP contribution in [-0.4, -0.2) is 24.3 Å². The molecule has 0 radical (unpaired) electrons. The highest BCUT2D eigenvalue weighted by atomic mass is 16.5. The van der Waals surface area contributed by atoms with Gasteiger partial charge in [-0.05, 0) is 6.92 Å². The van der Waals surface area contributed by atoms with E-state index >= 15 is 0 Å². The second-order valence-corrected chi connectivity index (χ2v) is 2.64. The van der Waals surface area contributed by atoms with E-state index in [1.807, 2.05) is 0 Å². The second-order valence-electron chi connectivity index (χ2n) is 2.64. The first-order chi connectivity index (χ1) is 6.19. The van der Waals surface area contributed by atoms with Crippen LogP contribution < -0.4 is 9.47 Å². The lowest BCUT2D eigenvalue weighted by atomic mass is 10.1. The number of nitrogens with zero attached hydrogens (tertiary/aromatic N) is 1. The van der Waals surface area contributed by atoms with E-state index < -0.39 is 6.10 Å². The summed E-state index contributed by atoms with van der Waals surface area (Å²) < 4.78 is 9.95. The molecule has 0 aliphatic carbocycles. The first-order valence-corrected chi connectivity index (χ1v) is 3.95. The molecule has 72 valence electrons. The Bertz CT molecular complexity index is 286. The molecule has 0 amide bonds. The Hall–Kier alpha value is -1.29. The van der Waals surface area contributed by atoms with Crippen molar-refractivity contribution in [2.45, 2.75) is 13.0 Å². The molecule has 0 saturated carbocycles. The minimum Gasteiger partial charge on any atom is -0.495 e. The summed E-state index contributed by atoms with van der Waals surface area (Å²) in [5, 5.41) is 9.39. The maximum Gasteiger partial charge on any atom is 0.213 e. The molecule has 0 aromatic carbocycles. The summed E-state index contributed by atoms with van der Waals surface area (Å²) in [4.78, 5) is 3.95. The van der Waals surface area contributed by atoms with Gasteiger partial charge in [-0.3, -0.25) is 0 Å². The van der Waals surface area contributed by atoms with Gasteiger partial charge in [0.15, 0.2) is 0 Å². The lowest BCUT2D eigenvalue weighted by molar-refractivity contribution is 0.193. The third-order valence-electron chi connectivity index (χ3n) is 1.75. The van der Waals surface area contributed by atoms with Crippen LogP contribution in [0.15, 0.2) is 12.3 Å². The van der Waals surface area contributed by atoms with Crippen molar-refractivity contribution in [1.82, 2.24) is 4.98 Å². The van der Waals surface area contributed by atoms with Crippen molar-refractivity contribution in [3.63, 3.8) is 0 Å². The average molecular weight is 183 g/mol. The van der Waals surface area contributed by atoms with Gasteiger partial charge < -0.3 is 14.6 Å². The van der Waals surface area contributed by atoms with Gasteiger partial charge in [0.25, 0.3) is 0 Å². The summed E-state index contributed by atoms with van der Waals surface area (Å²) >= 11 is 0. The Balaban J connectivity index is 3.10. The SMILES string of the molecule is COc1cc([C@@H](C)O)c(OC)cn1. The zero-order valence-electron chi connectivity index (χ0n) is 7.94. The van der Waals surface area contributed by atoms with Gasteiger partial charge >= 0.3 is 0 Å². The van der Waals surface area contributed by atoms with Gasteiger partial charge in [-0.1, -0.05) is 0 Å². The van der Waals surface area contributed by atoms with E-state index in [1.54, 1.807) is 13.0 Å². The van der Waals surface area contributed by atoms with E-state index in [0.717, 1.165) is 0 Å². The number of ether oxygens (including phenoxy) is 2. The van der Waals surface area contributed by atoms with Crippen molar-refractivity contribution in [3.8, 4) is 11.6 Å². The van der Waals surface area contributed by atoms with E-state index in [9.17, 15) is 5.11 Å². The molecular weight excluding hydrogens is 170 g/mol. The number of aliphatic hydroxyl groups excluding tert-OH is 1. The summed E-state index contributed by atoms with van der Waals surface area (Å²) in [5.41, 5.74) is 0.675. The fourth-order valence-corrected chi connectivity index (χ4v) is 1.05. The van der Waals surface area contributed by atoms with Crippen LogP contribution >= 0.6 is 0 Å². The van der Waals surface area contributed by atoms with Crippen molar-refractivity contribution in [2.24, 2.45) is 0 Å². The Kier molecular flexibility index (Phi) is 3.08. The third kappa shape index (κ3) is 2.09. The van der Waals surface area contributed by atoms with Crippen molar-refractivity contribution < 1.29 is 14.6 Å². The fourth-order valence-electron chi connectivity index (χ4n) is 1.05. The first-order valence-electron chi connectivity index (χ1n) is 3.95. The third-order valence-corrected chi connectivity index (χ3v) is 1.75. The number of pyridine rings is 1. The molecule has 13 heavy (non-hydrogen) atoms. The normalized spacial score (nSPS) is 12.3. The molecular formula is C9H13NO3. The summed E-state index contributed by atoms with van der Waals surface area (Å²) in [5.74, 6) is 1.03. The van der Waals surface area contributed by atoms with Crippen LogP contribution in [0.2, 0.25) is 0 Å². The zero-order valence-corrected chi connectivity index (χ0v) is 7.94. The molecule has 4 heteroatoms. The quantitative estimate of drug-likeness (QED) is 0.763. The smallest absolute Gasteiger partial charge is 0.213 e. The minimum absolute atomic E-state index is 0.469. The molecule has 1 aromatic heterocycles. The highest BCUT2D eigenvalue weighted by molar-refractivity contribution is 5.36. The van der Waals surface area contributed by atoms with E-state index in [0.29, 0.717) is 17.2 Å². The number of aliphatic hydroxyl groups is 1. The van der Waals surface area contributed by atoms with Gasteiger partial charge in [-0.25, -0.2) is 4.98 Å². The van der Waals surface area contributed by atoms with Gasteiger partial charge in [0.1, 0.15) is 5.75 Å². The largest absolute Gasteiger partial charge is 0.495 e. The number of aromatic nitrogens is 1. The molecule has 0 bridgehead atoms. The van der Waals surface area contributed by atoms with E-state index in [4.69, 9.17) is 9.47 Å². The number of rotatable bonds is 3. The standard InChI is InChI=1S/C9H13NO3/c1-6(11)7-4-9(13-3)10-5-8(7)12-2/h4-6,11H,1-3H3/t6-/m1/s1. The molecule has 0 fully saturated rings. The Labute approximate surface area is 77.1 Å². The van der Waals surface area contributed by atoms with Gasteiger partial charge in [-0.2, -0.15) is 0 Å². The summed E-state index contributed by atoms with van der Waals surface area (Å²) in [7, 11) is 3.07. The minimum atomic E-state index is -0.591. The lowest BCUT2D eigenvalue weighted by Crippen LogP contribution is -1.99. The van der Waals surface area contributed by atoms with Gasteiger partial charge in [0.05, 0.1) is 26.5 Å². The molecule has 0 saturated heterocycles. The van der Waals surface area contributed by atoms with Crippen LogP contribution in [0, 0.1) is 0 Å². The topological polar surface area (TPSA) is 51.6 Å². The average Bonchev–Trinajstić information content (AvgIpc) is 2.16. The molecule has 1 atom stereocenters. The molecule has 0 spiro atoms. The number of hydrogen-bond acceptors (Lipinski definition) is 4. The van der Waals surface area contributed by atoms with Crippen LogP contribution in [0.1, 0.15) is 18.6 Å². The van der Waals surface area contributed by atoms with Crippen LogP contribution in [0.3, 0.4) is 0 Å². The molecule has 1 rings (SSSR count). The second kappa shape index (κ2) is 4.09. The van der Waals surface area contributed by atoms with Crippen molar-refractivity contribution >= 4 is 0 Å². The molecule has 1 aromatic rings. The predicted octanol–water partition coefficient (Wildman–Crippen LogP) is 1.15. The maximum absolute atomic E-state index is 9.39. The predicted molar refractivity (Wildman–Crippen MR) is 48.0 cm³/mol. The zero-order chi connectivity index (χ0) is 9.84. The monoisotopic (exact) mass is 183 g/mol. The van der Waals surface area contributed by atoms with Gasteiger partial charge in [-0.15, -0.1) is 0 Å². The van der Waals surface area contributed by atoms with Crippen LogP contribution in [-0.2, 0) is 0 Å².